The number of ether oxygens (including phenoxy) is 2. The predicted molar refractivity (Wildman–Crippen MR) is 97.5 cm³/mol. The molecule has 144 valence electrons. The molecule has 0 saturated heterocycles. The smallest absolute Gasteiger partial charge is 0.387 e. The second kappa shape index (κ2) is 8.47. The van der Waals surface area contributed by atoms with Gasteiger partial charge in [-0.15, -0.1) is 11.3 Å². The van der Waals surface area contributed by atoms with Crippen molar-refractivity contribution in [3.05, 3.63) is 45.6 Å². The Morgan fingerprint density at radius 3 is 2.67 bits per heavy atom. The van der Waals surface area contributed by atoms with Crippen molar-refractivity contribution < 1.29 is 27.8 Å². The highest BCUT2D eigenvalue weighted by atomic mass is 32.1. The Bertz CT molecular complexity index is 813. The highest BCUT2D eigenvalue weighted by Crippen LogP contribution is 2.30. The number of benzene rings is 1. The highest BCUT2D eigenvalue weighted by molar-refractivity contribution is 7.14. The van der Waals surface area contributed by atoms with Crippen LogP contribution >= 0.6 is 11.3 Å². The summed E-state index contributed by atoms with van der Waals surface area (Å²) in [5.41, 5.74) is 1.26. The van der Waals surface area contributed by atoms with E-state index in [9.17, 15) is 18.4 Å². The van der Waals surface area contributed by atoms with Crippen molar-refractivity contribution in [2.24, 2.45) is 0 Å². The number of esters is 1. The summed E-state index contributed by atoms with van der Waals surface area (Å²) in [5.74, 6) is -1.35. The number of carbonyl (C=O) groups excluding carboxylic acids is 2. The van der Waals surface area contributed by atoms with Gasteiger partial charge in [-0.1, -0.05) is 12.1 Å². The van der Waals surface area contributed by atoms with Crippen LogP contribution in [0.3, 0.4) is 0 Å². The Hall–Kier alpha value is -2.48. The molecule has 1 aromatic carbocycles. The van der Waals surface area contributed by atoms with Crippen molar-refractivity contribution in [2.75, 3.05) is 5.32 Å². The van der Waals surface area contributed by atoms with E-state index in [0.29, 0.717) is 4.88 Å². The van der Waals surface area contributed by atoms with Gasteiger partial charge in [-0.05, 0) is 56.4 Å². The van der Waals surface area contributed by atoms with Gasteiger partial charge in [0, 0.05) is 4.88 Å². The zero-order valence-electron chi connectivity index (χ0n) is 14.7. The summed E-state index contributed by atoms with van der Waals surface area (Å²) in [5, 5.41) is 2.45. The van der Waals surface area contributed by atoms with Crippen molar-refractivity contribution in [2.45, 2.75) is 45.3 Å². The zero-order chi connectivity index (χ0) is 19.4. The molecule has 0 radical (unpaired) electrons. The van der Waals surface area contributed by atoms with Crippen molar-refractivity contribution in [3.8, 4) is 5.75 Å². The average molecular weight is 395 g/mol. The van der Waals surface area contributed by atoms with Crippen LogP contribution in [0.4, 0.5) is 14.5 Å². The maximum atomic E-state index is 12.5. The standard InChI is InChI=1S/C19H19F2NO4S/c1-11(17(23)22-13-7-3-4-8-14(13)26-19(20)21)25-18(24)16-10-12-6-2-5-9-15(12)27-16/h3-4,7-8,10-11,19H,2,5-6,9H2,1H3,(H,22,23)/t11-/m0/s1. The SMILES string of the molecule is C[C@H](OC(=O)c1cc2c(s1)CCCC2)C(=O)Nc1ccccc1OC(F)F. The van der Waals surface area contributed by atoms with Gasteiger partial charge in [-0.25, -0.2) is 4.79 Å². The fraction of sp³-hybridized carbons (Fsp3) is 0.368. The minimum atomic E-state index is -3.01. The predicted octanol–water partition coefficient (Wildman–Crippen LogP) is 4.41. The average Bonchev–Trinajstić information content (AvgIpc) is 3.07. The molecule has 0 unspecified atom stereocenters. The number of alkyl halides is 2. The largest absolute Gasteiger partial charge is 0.448 e. The molecule has 0 saturated carbocycles. The lowest BCUT2D eigenvalue weighted by Crippen LogP contribution is -2.30. The third kappa shape index (κ3) is 4.82. The number of para-hydroxylation sites is 2. The fourth-order valence-electron chi connectivity index (χ4n) is 2.87. The molecule has 0 aliphatic heterocycles. The third-order valence-electron chi connectivity index (χ3n) is 4.21. The number of halogens is 2. The van der Waals surface area contributed by atoms with E-state index in [-0.39, 0.29) is 11.4 Å². The molecule has 1 amide bonds. The molecule has 2 aromatic rings. The molecule has 27 heavy (non-hydrogen) atoms. The van der Waals surface area contributed by atoms with Crippen LogP contribution in [0.2, 0.25) is 0 Å². The molecular weight excluding hydrogens is 376 g/mol. The minimum Gasteiger partial charge on any atom is -0.448 e. The second-order valence-electron chi connectivity index (χ2n) is 6.18. The number of hydrogen-bond donors (Lipinski definition) is 1. The Morgan fingerprint density at radius 2 is 1.93 bits per heavy atom. The molecule has 0 bridgehead atoms. The summed E-state index contributed by atoms with van der Waals surface area (Å²) in [6.45, 7) is -1.58. The minimum absolute atomic E-state index is 0.0808. The van der Waals surface area contributed by atoms with E-state index in [1.807, 2.05) is 6.07 Å². The van der Waals surface area contributed by atoms with Crippen molar-refractivity contribution >= 4 is 28.9 Å². The summed E-state index contributed by atoms with van der Waals surface area (Å²) < 4.78 is 34.5. The summed E-state index contributed by atoms with van der Waals surface area (Å²) in [6, 6.07) is 7.65. The summed E-state index contributed by atoms with van der Waals surface area (Å²) >= 11 is 1.40. The topological polar surface area (TPSA) is 64.6 Å². The van der Waals surface area contributed by atoms with Gasteiger partial charge in [-0.2, -0.15) is 8.78 Å². The Kier molecular flexibility index (Phi) is 6.05. The normalized spacial score (nSPS) is 14.4. The molecule has 1 aromatic heterocycles. The molecule has 8 heteroatoms. The van der Waals surface area contributed by atoms with Crippen LogP contribution < -0.4 is 10.1 Å². The first kappa shape index (κ1) is 19.3. The number of nitrogens with one attached hydrogen (secondary N) is 1. The lowest BCUT2D eigenvalue weighted by molar-refractivity contribution is -0.123. The molecule has 1 atom stereocenters. The van der Waals surface area contributed by atoms with E-state index in [1.165, 1.54) is 46.9 Å². The van der Waals surface area contributed by atoms with Gasteiger partial charge in [-0.3, -0.25) is 4.79 Å². The third-order valence-corrected chi connectivity index (χ3v) is 5.43. The molecule has 1 heterocycles. The van der Waals surface area contributed by atoms with E-state index in [2.05, 4.69) is 10.1 Å². The number of rotatable bonds is 6. The fourth-order valence-corrected chi connectivity index (χ4v) is 4.00. The van der Waals surface area contributed by atoms with Gasteiger partial charge in [0.05, 0.1) is 5.69 Å². The van der Waals surface area contributed by atoms with Crippen LogP contribution in [0, 0.1) is 0 Å². The molecule has 1 aliphatic carbocycles. The summed E-state index contributed by atoms with van der Waals surface area (Å²) in [4.78, 5) is 26.3. The van der Waals surface area contributed by atoms with Crippen LogP contribution in [-0.4, -0.2) is 24.6 Å². The first-order valence-corrected chi connectivity index (χ1v) is 9.43. The quantitative estimate of drug-likeness (QED) is 0.736. The lowest BCUT2D eigenvalue weighted by atomic mass is 9.99. The first-order valence-electron chi connectivity index (χ1n) is 8.61. The van der Waals surface area contributed by atoms with Crippen LogP contribution in [-0.2, 0) is 22.4 Å². The number of amides is 1. The van der Waals surface area contributed by atoms with Gasteiger partial charge in [0.15, 0.2) is 6.10 Å². The van der Waals surface area contributed by atoms with Gasteiger partial charge in [0.2, 0.25) is 0 Å². The van der Waals surface area contributed by atoms with E-state index < -0.39 is 24.6 Å². The van der Waals surface area contributed by atoms with Gasteiger partial charge in [0.1, 0.15) is 10.6 Å². The molecule has 0 fully saturated rings. The van der Waals surface area contributed by atoms with E-state index >= 15 is 0 Å². The molecule has 3 rings (SSSR count). The molecule has 1 N–H and O–H groups in total. The van der Waals surface area contributed by atoms with Crippen LogP contribution in [0.5, 0.6) is 5.75 Å². The number of thiophene rings is 1. The molecular formula is C19H19F2NO4S. The number of anilines is 1. The van der Waals surface area contributed by atoms with Crippen molar-refractivity contribution in [1.29, 1.82) is 0 Å². The van der Waals surface area contributed by atoms with Crippen molar-refractivity contribution in [3.63, 3.8) is 0 Å². The highest BCUT2D eigenvalue weighted by Gasteiger charge is 2.23. The maximum absolute atomic E-state index is 12.5. The number of hydrogen-bond acceptors (Lipinski definition) is 5. The number of aryl methyl sites for hydroxylation is 2. The Morgan fingerprint density at radius 1 is 1.19 bits per heavy atom. The number of carbonyl (C=O) groups is 2. The van der Waals surface area contributed by atoms with Gasteiger partial charge >= 0.3 is 12.6 Å². The monoisotopic (exact) mass is 395 g/mol. The molecule has 0 spiro atoms. The summed E-state index contributed by atoms with van der Waals surface area (Å²) in [6.07, 6.45) is 3.05. The van der Waals surface area contributed by atoms with Crippen LogP contribution in [0.15, 0.2) is 30.3 Å². The Labute approximate surface area is 159 Å². The van der Waals surface area contributed by atoms with Gasteiger partial charge < -0.3 is 14.8 Å². The van der Waals surface area contributed by atoms with E-state index in [0.717, 1.165) is 25.7 Å². The lowest BCUT2D eigenvalue weighted by Gasteiger charge is -2.15. The van der Waals surface area contributed by atoms with Crippen LogP contribution in [0.25, 0.3) is 0 Å². The maximum Gasteiger partial charge on any atom is 0.387 e. The van der Waals surface area contributed by atoms with Crippen molar-refractivity contribution in [1.82, 2.24) is 0 Å². The number of fused-ring (bicyclic) bond motifs is 1. The van der Waals surface area contributed by atoms with E-state index in [4.69, 9.17) is 4.74 Å². The first-order chi connectivity index (χ1) is 12.9. The summed E-state index contributed by atoms with van der Waals surface area (Å²) in [7, 11) is 0. The zero-order valence-corrected chi connectivity index (χ0v) is 15.5. The van der Waals surface area contributed by atoms with Gasteiger partial charge in [0.25, 0.3) is 5.91 Å². The molecule has 1 aliphatic rings. The van der Waals surface area contributed by atoms with E-state index in [1.54, 1.807) is 6.07 Å². The molecule has 5 nitrogen and oxygen atoms in total. The second-order valence-corrected chi connectivity index (χ2v) is 7.31. The Balaban J connectivity index is 1.62. The van der Waals surface area contributed by atoms with Crippen LogP contribution in [0.1, 0.15) is 39.9 Å².